The summed E-state index contributed by atoms with van der Waals surface area (Å²) in [5.41, 5.74) is 1.57. The lowest BCUT2D eigenvalue weighted by molar-refractivity contribution is -0.154. The molecule has 1 fully saturated rings. The lowest BCUT2D eigenvalue weighted by Gasteiger charge is -2.09. The predicted octanol–water partition coefficient (Wildman–Crippen LogP) is 3.27. The number of halogens is 3. The highest BCUT2D eigenvalue weighted by molar-refractivity contribution is 7.17. The molecule has 5 rings (SSSR count). The second-order valence-corrected chi connectivity index (χ2v) is 8.04. The number of rotatable bonds is 6. The van der Waals surface area contributed by atoms with Gasteiger partial charge in [-0.15, -0.1) is 16.4 Å². The van der Waals surface area contributed by atoms with Crippen molar-refractivity contribution < 1.29 is 23.0 Å². The van der Waals surface area contributed by atoms with Crippen LogP contribution in [-0.2, 0) is 0 Å². The normalized spacial score (nSPS) is 15.6. The summed E-state index contributed by atoms with van der Waals surface area (Å²) in [6.45, 7) is -1.41. The van der Waals surface area contributed by atoms with E-state index in [9.17, 15) is 18.3 Å². The van der Waals surface area contributed by atoms with Crippen LogP contribution in [-0.4, -0.2) is 47.3 Å². The molecule has 1 aliphatic rings. The number of hydrogen-bond donors (Lipinski definition) is 1. The van der Waals surface area contributed by atoms with Gasteiger partial charge in [-0.3, -0.25) is 4.40 Å². The number of aliphatic hydroxyl groups is 1. The van der Waals surface area contributed by atoms with E-state index in [1.165, 1.54) is 23.0 Å². The van der Waals surface area contributed by atoms with Crippen LogP contribution in [0.3, 0.4) is 0 Å². The Morgan fingerprint density at radius 3 is 2.80 bits per heavy atom. The van der Waals surface area contributed by atoms with Gasteiger partial charge in [-0.1, -0.05) is 5.21 Å². The van der Waals surface area contributed by atoms with Gasteiger partial charge in [0.2, 0.25) is 5.88 Å². The number of fused-ring (bicyclic) bond motifs is 1. The molecule has 0 bridgehead atoms. The average molecular weight is 436 g/mol. The van der Waals surface area contributed by atoms with Crippen LogP contribution in [0.25, 0.3) is 10.5 Å². The van der Waals surface area contributed by atoms with Crippen LogP contribution in [0.5, 0.6) is 5.88 Å². The Morgan fingerprint density at radius 2 is 2.10 bits per heavy atom. The van der Waals surface area contributed by atoms with Gasteiger partial charge in [0, 0.05) is 10.9 Å². The lowest BCUT2D eigenvalue weighted by atomic mass is 10.1. The number of aromatic nitrogens is 6. The summed E-state index contributed by atoms with van der Waals surface area (Å²) in [6.07, 6.45) is 3.09. The fourth-order valence-corrected chi connectivity index (χ4v) is 4.44. The molecule has 0 amide bonds. The number of pyridine rings is 1. The third-order valence-corrected chi connectivity index (χ3v) is 5.97. The van der Waals surface area contributed by atoms with Gasteiger partial charge >= 0.3 is 6.18 Å². The second-order valence-electron chi connectivity index (χ2n) is 6.98. The fourth-order valence-electron chi connectivity index (χ4n) is 3.14. The van der Waals surface area contributed by atoms with Crippen molar-refractivity contribution in [1.82, 2.24) is 29.4 Å². The largest absolute Gasteiger partial charge is 0.468 e. The Hall–Kier alpha value is -2.99. The molecule has 1 atom stereocenters. The SMILES string of the molecule is OC(c1cn(-c2ccc(OCC(F)(F)F)nc2)nn1)c1c(C2CC2)sc2cncn12. The van der Waals surface area contributed by atoms with Crippen molar-refractivity contribution in [2.24, 2.45) is 0 Å². The molecule has 0 radical (unpaired) electrons. The Labute approximate surface area is 171 Å². The van der Waals surface area contributed by atoms with E-state index >= 15 is 0 Å². The number of ether oxygens (including phenoxy) is 1. The number of thiazole rings is 1. The van der Waals surface area contributed by atoms with Crippen molar-refractivity contribution in [3.05, 3.63) is 53.3 Å². The summed E-state index contributed by atoms with van der Waals surface area (Å²) in [7, 11) is 0. The molecule has 4 aromatic heterocycles. The summed E-state index contributed by atoms with van der Waals surface area (Å²) >= 11 is 1.62. The Bertz CT molecular complexity index is 1180. The van der Waals surface area contributed by atoms with Crippen LogP contribution < -0.4 is 4.74 Å². The van der Waals surface area contributed by atoms with Crippen LogP contribution in [0.15, 0.2) is 37.1 Å². The predicted molar refractivity (Wildman–Crippen MR) is 99.8 cm³/mol. The minimum Gasteiger partial charge on any atom is -0.468 e. The first-order valence-electron chi connectivity index (χ1n) is 9.10. The second kappa shape index (κ2) is 7.06. The molecule has 0 aliphatic heterocycles. The van der Waals surface area contributed by atoms with Gasteiger partial charge in [-0.2, -0.15) is 13.2 Å². The molecule has 1 unspecified atom stereocenters. The number of aliphatic hydroxyl groups excluding tert-OH is 1. The highest BCUT2D eigenvalue weighted by Gasteiger charge is 2.33. The zero-order chi connectivity index (χ0) is 20.9. The Kier molecular flexibility index (Phi) is 4.47. The third-order valence-electron chi connectivity index (χ3n) is 4.70. The molecule has 12 heteroatoms. The molecule has 30 heavy (non-hydrogen) atoms. The van der Waals surface area contributed by atoms with Crippen molar-refractivity contribution >= 4 is 16.2 Å². The van der Waals surface area contributed by atoms with Gasteiger partial charge in [0.05, 0.1) is 30.0 Å². The monoisotopic (exact) mass is 436 g/mol. The molecule has 156 valence electrons. The first-order valence-corrected chi connectivity index (χ1v) is 9.91. The van der Waals surface area contributed by atoms with Gasteiger partial charge in [0.15, 0.2) is 6.61 Å². The Morgan fingerprint density at radius 1 is 1.27 bits per heavy atom. The van der Waals surface area contributed by atoms with Crippen molar-refractivity contribution in [2.75, 3.05) is 6.61 Å². The maximum Gasteiger partial charge on any atom is 0.422 e. The fraction of sp³-hybridized carbons (Fsp3) is 0.333. The van der Waals surface area contributed by atoms with E-state index in [2.05, 4.69) is 25.0 Å². The van der Waals surface area contributed by atoms with E-state index in [0.717, 1.165) is 28.2 Å². The standard InChI is InChI=1S/C18H15F3N6O2S/c19-18(20,21)8-29-13-4-3-11(5-23-13)27-7-12(24-25-27)16(28)15-17(10-1-2-10)30-14-6-22-9-26(14)15/h3-7,9-10,16,28H,1-2,8H2. The zero-order valence-electron chi connectivity index (χ0n) is 15.3. The van der Waals surface area contributed by atoms with E-state index < -0.39 is 18.9 Å². The maximum absolute atomic E-state index is 12.2. The molecule has 1 aliphatic carbocycles. The number of nitrogens with zero attached hydrogens (tertiary/aromatic N) is 6. The summed E-state index contributed by atoms with van der Waals surface area (Å²) in [6, 6.07) is 2.83. The molecule has 0 saturated heterocycles. The quantitative estimate of drug-likeness (QED) is 0.499. The van der Waals surface area contributed by atoms with E-state index in [4.69, 9.17) is 0 Å². The summed E-state index contributed by atoms with van der Waals surface area (Å²) in [4.78, 5) is 10.1. The van der Waals surface area contributed by atoms with Crippen LogP contribution >= 0.6 is 11.3 Å². The van der Waals surface area contributed by atoms with Gasteiger partial charge < -0.3 is 9.84 Å². The zero-order valence-corrected chi connectivity index (χ0v) is 16.1. The van der Waals surface area contributed by atoms with Crippen molar-refractivity contribution in [2.45, 2.75) is 31.0 Å². The van der Waals surface area contributed by atoms with Crippen LogP contribution in [0, 0.1) is 0 Å². The molecule has 4 heterocycles. The van der Waals surface area contributed by atoms with Gasteiger partial charge in [0.1, 0.15) is 23.0 Å². The summed E-state index contributed by atoms with van der Waals surface area (Å²) in [5.74, 6) is 0.300. The smallest absolute Gasteiger partial charge is 0.422 e. The Balaban J connectivity index is 1.38. The van der Waals surface area contributed by atoms with Crippen LogP contribution in [0.2, 0.25) is 0 Å². The van der Waals surface area contributed by atoms with E-state index in [0.29, 0.717) is 17.3 Å². The molecule has 1 saturated carbocycles. The minimum atomic E-state index is -4.43. The van der Waals surface area contributed by atoms with Crippen molar-refractivity contribution in [3.8, 4) is 11.6 Å². The molecule has 8 nitrogen and oxygen atoms in total. The molecule has 0 spiro atoms. The molecule has 0 aromatic carbocycles. The molecule has 4 aromatic rings. The highest BCUT2D eigenvalue weighted by atomic mass is 32.1. The van der Waals surface area contributed by atoms with Gasteiger partial charge in [-0.25, -0.2) is 14.6 Å². The van der Waals surface area contributed by atoms with Gasteiger partial charge in [0.25, 0.3) is 0 Å². The van der Waals surface area contributed by atoms with E-state index in [1.807, 2.05) is 4.40 Å². The number of alkyl halides is 3. The van der Waals surface area contributed by atoms with Crippen molar-refractivity contribution in [3.63, 3.8) is 0 Å². The molecular weight excluding hydrogens is 421 g/mol. The summed E-state index contributed by atoms with van der Waals surface area (Å²) in [5, 5.41) is 19.1. The minimum absolute atomic E-state index is 0.147. The molecule has 1 N–H and O–H groups in total. The first-order chi connectivity index (χ1) is 14.4. The maximum atomic E-state index is 12.2. The van der Waals surface area contributed by atoms with Crippen LogP contribution in [0.1, 0.15) is 41.1 Å². The topological polar surface area (TPSA) is 90.4 Å². The number of hydrogen-bond acceptors (Lipinski definition) is 7. The summed E-state index contributed by atoms with van der Waals surface area (Å²) < 4.78 is 44.6. The van der Waals surface area contributed by atoms with E-state index in [-0.39, 0.29) is 5.88 Å². The van der Waals surface area contributed by atoms with Gasteiger partial charge in [-0.05, 0) is 24.8 Å². The lowest BCUT2D eigenvalue weighted by Crippen LogP contribution is -2.19. The molecular formula is C18H15F3N6O2S. The first kappa shape index (κ1) is 19.0. The average Bonchev–Trinajstić information content (AvgIpc) is 3.13. The van der Waals surface area contributed by atoms with Crippen molar-refractivity contribution in [1.29, 1.82) is 0 Å². The van der Waals surface area contributed by atoms with E-state index in [1.54, 1.807) is 30.1 Å². The number of imidazole rings is 1. The third kappa shape index (κ3) is 3.63. The van der Waals surface area contributed by atoms with Crippen LogP contribution in [0.4, 0.5) is 13.2 Å². The highest BCUT2D eigenvalue weighted by Crippen LogP contribution is 2.47.